The second-order valence-electron chi connectivity index (χ2n) is 5.37. The van der Waals surface area contributed by atoms with Crippen LogP contribution in [0, 0.1) is 6.92 Å². The number of H-pyrrole nitrogens is 1. The van der Waals surface area contributed by atoms with Crippen molar-refractivity contribution >= 4 is 23.5 Å². The van der Waals surface area contributed by atoms with Crippen LogP contribution in [-0.4, -0.2) is 27.2 Å². The maximum Gasteiger partial charge on any atom is 0.330 e. The zero-order chi connectivity index (χ0) is 18.0. The van der Waals surface area contributed by atoms with Crippen LogP contribution in [0.3, 0.4) is 0 Å². The fourth-order valence-electron chi connectivity index (χ4n) is 2.29. The van der Waals surface area contributed by atoms with E-state index in [9.17, 15) is 14.7 Å². The molecular weight excluding hydrogens is 346 g/mol. The van der Waals surface area contributed by atoms with E-state index in [1.54, 1.807) is 43.3 Å². The highest BCUT2D eigenvalue weighted by Crippen LogP contribution is 2.21. The zero-order valence-corrected chi connectivity index (χ0v) is 13.9. The molecule has 128 valence electrons. The van der Waals surface area contributed by atoms with Crippen LogP contribution in [0.25, 0.3) is 11.5 Å². The molecule has 0 aliphatic rings. The van der Waals surface area contributed by atoms with Crippen molar-refractivity contribution in [3.8, 4) is 11.5 Å². The maximum absolute atomic E-state index is 12.3. The molecule has 0 saturated carbocycles. The van der Waals surface area contributed by atoms with Gasteiger partial charge in [-0.15, -0.1) is 0 Å². The smallest absolute Gasteiger partial charge is 0.330 e. The number of aliphatic carboxylic acids is 1. The van der Waals surface area contributed by atoms with Crippen LogP contribution in [0.5, 0.6) is 0 Å². The minimum atomic E-state index is -1.21. The van der Waals surface area contributed by atoms with Crippen LogP contribution in [0.4, 0.5) is 0 Å². The van der Waals surface area contributed by atoms with E-state index in [1.165, 1.54) is 6.07 Å². The van der Waals surface area contributed by atoms with Crippen LogP contribution in [0.15, 0.2) is 46.9 Å². The summed E-state index contributed by atoms with van der Waals surface area (Å²) in [5.74, 6) is -0.540. The Morgan fingerprint density at radius 1 is 1.24 bits per heavy atom. The van der Waals surface area contributed by atoms with Crippen molar-refractivity contribution in [3.05, 3.63) is 64.5 Å². The van der Waals surface area contributed by atoms with Crippen molar-refractivity contribution in [2.45, 2.75) is 13.0 Å². The molecule has 7 nitrogen and oxygen atoms in total. The van der Waals surface area contributed by atoms with E-state index in [4.69, 9.17) is 16.0 Å². The Labute approximate surface area is 147 Å². The van der Waals surface area contributed by atoms with Gasteiger partial charge in [-0.3, -0.25) is 9.89 Å². The molecular formula is C17H14ClN3O4. The number of carboxylic acid groups (broad SMARTS) is 1. The van der Waals surface area contributed by atoms with Gasteiger partial charge >= 0.3 is 5.97 Å². The topological polar surface area (TPSA) is 108 Å². The Bertz CT molecular complexity index is 914. The minimum Gasteiger partial charge on any atom is -0.479 e. The van der Waals surface area contributed by atoms with E-state index in [2.05, 4.69) is 15.5 Å². The predicted molar refractivity (Wildman–Crippen MR) is 90.3 cm³/mol. The van der Waals surface area contributed by atoms with E-state index < -0.39 is 17.9 Å². The average Bonchev–Trinajstić information content (AvgIpc) is 3.22. The summed E-state index contributed by atoms with van der Waals surface area (Å²) in [5, 5.41) is 18.9. The number of nitrogens with zero attached hydrogens (tertiary/aromatic N) is 1. The number of hydrogen-bond acceptors (Lipinski definition) is 4. The Morgan fingerprint density at radius 2 is 1.96 bits per heavy atom. The SMILES string of the molecule is Cc1ccc(-c2cc(C(=O)N[C@@H](C(=O)O)c3ccc(Cl)cc3)n[nH]2)o1. The molecule has 25 heavy (non-hydrogen) atoms. The standard InChI is InChI=1S/C17H14ClN3O4/c1-9-2-7-14(25-9)12-8-13(21-20-12)16(22)19-15(17(23)24)10-3-5-11(18)6-4-10/h2-8,15H,1H3,(H,19,22)(H,20,21)(H,23,24)/t15-/m1/s1. The summed E-state index contributed by atoms with van der Waals surface area (Å²) in [6.45, 7) is 1.80. The molecule has 3 N–H and O–H groups in total. The number of halogens is 1. The highest BCUT2D eigenvalue weighted by Gasteiger charge is 2.24. The Hall–Kier alpha value is -3.06. The van der Waals surface area contributed by atoms with Crippen molar-refractivity contribution < 1.29 is 19.1 Å². The van der Waals surface area contributed by atoms with Gasteiger partial charge in [0.05, 0.1) is 0 Å². The molecule has 1 atom stereocenters. The Kier molecular flexibility index (Phi) is 4.58. The monoisotopic (exact) mass is 359 g/mol. The molecule has 2 aromatic heterocycles. The molecule has 0 aliphatic carbocycles. The number of furan rings is 1. The Morgan fingerprint density at radius 3 is 2.56 bits per heavy atom. The van der Waals surface area contributed by atoms with Crippen molar-refractivity contribution in [3.63, 3.8) is 0 Å². The number of carboxylic acids is 1. The number of carbonyl (C=O) groups is 2. The van der Waals surface area contributed by atoms with Gasteiger partial charge in [0.15, 0.2) is 17.5 Å². The fraction of sp³-hybridized carbons (Fsp3) is 0.118. The van der Waals surface area contributed by atoms with Crippen LogP contribution in [0.2, 0.25) is 5.02 Å². The first-order valence-electron chi connectivity index (χ1n) is 7.35. The summed E-state index contributed by atoms with van der Waals surface area (Å²) in [7, 11) is 0. The first-order valence-corrected chi connectivity index (χ1v) is 7.73. The van der Waals surface area contributed by atoms with E-state index >= 15 is 0 Å². The summed E-state index contributed by atoms with van der Waals surface area (Å²) in [6.07, 6.45) is 0. The van der Waals surface area contributed by atoms with E-state index in [-0.39, 0.29) is 5.69 Å². The third-order valence-electron chi connectivity index (χ3n) is 3.54. The van der Waals surface area contributed by atoms with E-state index in [0.29, 0.717) is 22.0 Å². The lowest BCUT2D eigenvalue weighted by atomic mass is 10.1. The third-order valence-corrected chi connectivity index (χ3v) is 3.79. The molecule has 0 radical (unpaired) electrons. The average molecular weight is 360 g/mol. The number of amides is 1. The molecule has 0 aliphatic heterocycles. The van der Waals surface area contributed by atoms with Gasteiger partial charge in [0.2, 0.25) is 0 Å². The summed E-state index contributed by atoms with van der Waals surface area (Å²) < 4.78 is 5.45. The Balaban J connectivity index is 1.79. The van der Waals surface area contributed by atoms with Gasteiger partial charge in [-0.05, 0) is 36.8 Å². The van der Waals surface area contributed by atoms with Gasteiger partial charge in [-0.2, -0.15) is 5.10 Å². The quantitative estimate of drug-likeness (QED) is 0.648. The highest BCUT2D eigenvalue weighted by molar-refractivity contribution is 6.30. The van der Waals surface area contributed by atoms with Gasteiger partial charge in [0.1, 0.15) is 11.5 Å². The normalized spacial score (nSPS) is 11.9. The molecule has 1 amide bonds. The zero-order valence-electron chi connectivity index (χ0n) is 13.1. The summed E-state index contributed by atoms with van der Waals surface area (Å²) in [4.78, 5) is 23.8. The molecule has 3 rings (SSSR count). The molecule has 1 aromatic carbocycles. The molecule has 2 heterocycles. The number of hydrogen-bond donors (Lipinski definition) is 3. The van der Waals surface area contributed by atoms with E-state index in [0.717, 1.165) is 5.76 Å². The third kappa shape index (κ3) is 3.72. The summed E-state index contributed by atoms with van der Waals surface area (Å²) >= 11 is 5.80. The van der Waals surface area contributed by atoms with E-state index in [1.807, 2.05) is 0 Å². The summed E-state index contributed by atoms with van der Waals surface area (Å²) in [5.41, 5.74) is 0.989. The molecule has 3 aromatic rings. The van der Waals surface area contributed by atoms with Crippen LogP contribution in [-0.2, 0) is 4.79 Å². The summed E-state index contributed by atoms with van der Waals surface area (Å²) in [6, 6.07) is 10.0. The second kappa shape index (κ2) is 6.82. The molecule has 0 fully saturated rings. The van der Waals surface area contributed by atoms with Gasteiger partial charge in [-0.25, -0.2) is 4.79 Å². The fourth-order valence-corrected chi connectivity index (χ4v) is 2.42. The molecule has 0 unspecified atom stereocenters. The maximum atomic E-state index is 12.3. The first-order chi connectivity index (χ1) is 11.9. The van der Waals surface area contributed by atoms with Crippen molar-refractivity contribution in [2.24, 2.45) is 0 Å². The number of carbonyl (C=O) groups excluding carboxylic acids is 1. The largest absolute Gasteiger partial charge is 0.479 e. The van der Waals surface area contributed by atoms with Crippen LogP contribution in [0.1, 0.15) is 27.9 Å². The lowest BCUT2D eigenvalue weighted by Gasteiger charge is -2.14. The van der Waals surface area contributed by atoms with Gasteiger partial charge in [0, 0.05) is 11.1 Å². The van der Waals surface area contributed by atoms with Crippen LogP contribution >= 0.6 is 11.6 Å². The molecule has 0 saturated heterocycles. The number of benzene rings is 1. The predicted octanol–water partition coefficient (Wildman–Crippen LogP) is 3.19. The van der Waals surface area contributed by atoms with Gasteiger partial charge in [0.25, 0.3) is 5.91 Å². The van der Waals surface area contributed by atoms with Crippen molar-refractivity contribution in [2.75, 3.05) is 0 Å². The lowest BCUT2D eigenvalue weighted by Crippen LogP contribution is -2.33. The van der Waals surface area contributed by atoms with Gasteiger partial charge in [-0.1, -0.05) is 23.7 Å². The molecule has 0 spiro atoms. The second-order valence-corrected chi connectivity index (χ2v) is 5.81. The minimum absolute atomic E-state index is 0.0595. The highest BCUT2D eigenvalue weighted by atomic mass is 35.5. The number of rotatable bonds is 5. The van der Waals surface area contributed by atoms with Gasteiger partial charge < -0.3 is 14.8 Å². The van der Waals surface area contributed by atoms with Crippen molar-refractivity contribution in [1.82, 2.24) is 15.5 Å². The number of aryl methyl sites for hydroxylation is 1. The van der Waals surface area contributed by atoms with Crippen molar-refractivity contribution in [1.29, 1.82) is 0 Å². The number of nitrogens with one attached hydrogen (secondary N) is 2. The first kappa shape index (κ1) is 16.8. The molecule has 8 heteroatoms. The lowest BCUT2D eigenvalue weighted by molar-refractivity contribution is -0.139. The number of aromatic amines is 1. The van der Waals surface area contributed by atoms with Crippen LogP contribution < -0.4 is 5.32 Å². The molecule has 0 bridgehead atoms. The number of aromatic nitrogens is 2.